The van der Waals surface area contributed by atoms with Gasteiger partial charge in [0.05, 0.1) is 18.8 Å². The molecule has 0 bridgehead atoms. The van der Waals surface area contributed by atoms with E-state index >= 15 is 0 Å². The number of hydrogen-bond donors (Lipinski definition) is 2. The molecule has 0 atom stereocenters. The van der Waals surface area contributed by atoms with Crippen LogP contribution in [0.4, 0.5) is 8.78 Å². The first-order chi connectivity index (χ1) is 13.5. The van der Waals surface area contributed by atoms with Crippen molar-refractivity contribution in [1.29, 1.82) is 0 Å². The number of piperidine rings is 1. The molecule has 1 saturated heterocycles. The number of carbonyl (C=O) groups is 1. The van der Waals surface area contributed by atoms with Crippen LogP contribution in [0, 0.1) is 6.92 Å². The van der Waals surface area contributed by atoms with E-state index in [0.29, 0.717) is 17.0 Å². The number of hydrogen-bond acceptors (Lipinski definition) is 6. The summed E-state index contributed by atoms with van der Waals surface area (Å²) in [5.74, 6) is 0.0218. The van der Waals surface area contributed by atoms with Crippen LogP contribution in [0.3, 0.4) is 0 Å². The smallest absolute Gasteiger partial charge is 0.387 e. The molecule has 2 heterocycles. The van der Waals surface area contributed by atoms with Crippen molar-refractivity contribution in [3.63, 3.8) is 0 Å². The van der Waals surface area contributed by atoms with Crippen molar-refractivity contribution in [3.8, 4) is 11.5 Å². The second kappa shape index (κ2) is 8.96. The van der Waals surface area contributed by atoms with Gasteiger partial charge in [0.15, 0.2) is 5.69 Å². The van der Waals surface area contributed by atoms with Gasteiger partial charge in [0.1, 0.15) is 11.5 Å². The highest BCUT2D eigenvalue weighted by atomic mass is 19.3. The second-order valence-corrected chi connectivity index (χ2v) is 6.48. The average Bonchev–Trinajstić information content (AvgIpc) is 3.08. The molecular weight excluding hydrogens is 372 g/mol. The van der Waals surface area contributed by atoms with Gasteiger partial charge in [-0.3, -0.25) is 4.79 Å². The fourth-order valence-electron chi connectivity index (χ4n) is 3.24. The van der Waals surface area contributed by atoms with Crippen molar-refractivity contribution >= 4 is 5.91 Å². The SMILES string of the molecule is COc1ccc(OC(F)F)c(CNC(=O)c2nnn(C3CCNCC3)c2C)c1. The van der Waals surface area contributed by atoms with Gasteiger partial charge in [0, 0.05) is 12.1 Å². The van der Waals surface area contributed by atoms with E-state index < -0.39 is 12.5 Å². The molecule has 1 fully saturated rings. The minimum absolute atomic E-state index is 0.0161. The quantitative estimate of drug-likeness (QED) is 0.746. The Balaban J connectivity index is 1.71. The third kappa shape index (κ3) is 4.56. The molecule has 1 aliphatic heterocycles. The van der Waals surface area contributed by atoms with Crippen molar-refractivity contribution in [2.45, 2.75) is 39.0 Å². The summed E-state index contributed by atoms with van der Waals surface area (Å²) in [5, 5.41) is 14.1. The number of ether oxygens (including phenoxy) is 2. The Labute approximate surface area is 161 Å². The number of benzene rings is 1. The Morgan fingerprint density at radius 1 is 1.39 bits per heavy atom. The van der Waals surface area contributed by atoms with E-state index in [4.69, 9.17) is 4.74 Å². The predicted octanol–water partition coefficient (Wildman–Crippen LogP) is 2.05. The van der Waals surface area contributed by atoms with E-state index in [1.165, 1.54) is 25.3 Å². The van der Waals surface area contributed by atoms with E-state index in [0.717, 1.165) is 25.9 Å². The number of nitrogens with one attached hydrogen (secondary N) is 2. The van der Waals surface area contributed by atoms with Gasteiger partial charge in [-0.1, -0.05) is 5.21 Å². The van der Waals surface area contributed by atoms with Crippen LogP contribution in [0.2, 0.25) is 0 Å². The molecule has 1 aromatic heterocycles. The molecule has 0 aliphatic carbocycles. The Bertz CT molecular complexity index is 822. The fourth-order valence-corrected chi connectivity index (χ4v) is 3.24. The molecule has 1 aromatic carbocycles. The van der Waals surface area contributed by atoms with Crippen LogP contribution < -0.4 is 20.1 Å². The van der Waals surface area contributed by atoms with E-state index in [1.807, 2.05) is 0 Å². The van der Waals surface area contributed by atoms with Gasteiger partial charge in [-0.15, -0.1) is 5.10 Å². The maximum absolute atomic E-state index is 12.6. The topological polar surface area (TPSA) is 90.3 Å². The highest BCUT2D eigenvalue weighted by molar-refractivity contribution is 5.93. The van der Waals surface area contributed by atoms with Crippen LogP contribution in [0.1, 0.15) is 40.6 Å². The third-order valence-electron chi connectivity index (χ3n) is 4.72. The van der Waals surface area contributed by atoms with Gasteiger partial charge in [0.2, 0.25) is 0 Å². The lowest BCUT2D eigenvalue weighted by Gasteiger charge is -2.23. The molecule has 10 heteroatoms. The third-order valence-corrected chi connectivity index (χ3v) is 4.72. The monoisotopic (exact) mass is 395 g/mol. The van der Waals surface area contributed by atoms with Gasteiger partial charge in [-0.2, -0.15) is 8.78 Å². The Hall–Kier alpha value is -2.75. The first-order valence-electron chi connectivity index (χ1n) is 9.02. The molecule has 2 N–H and O–H groups in total. The van der Waals surface area contributed by atoms with E-state index in [1.54, 1.807) is 11.6 Å². The molecule has 3 rings (SSSR count). The lowest BCUT2D eigenvalue weighted by molar-refractivity contribution is -0.0505. The number of amides is 1. The summed E-state index contributed by atoms with van der Waals surface area (Å²) < 4.78 is 36.6. The van der Waals surface area contributed by atoms with E-state index in [9.17, 15) is 13.6 Å². The molecule has 8 nitrogen and oxygen atoms in total. The van der Waals surface area contributed by atoms with E-state index in [-0.39, 0.29) is 24.0 Å². The lowest BCUT2D eigenvalue weighted by atomic mass is 10.1. The molecule has 1 amide bonds. The second-order valence-electron chi connectivity index (χ2n) is 6.48. The maximum Gasteiger partial charge on any atom is 0.387 e. The summed E-state index contributed by atoms with van der Waals surface area (Å²) in [6.07, 6.45) is 1.84. The summed E-state index contributed by atoms with van der Waals surface area (Å²) >= 11 is 0. The lowest BCUT2D eigenvalue weighted by Crippen LogP contribution is -2.30. The highest BCUT2D eigenvalue weighted by Gasteiger charge is 2.23. The van der Waals surface area contributed by atoms with Crippen molar-refractivity contribution in [2.24, 2.45) is 0 Å². The zero-order valence-electron chi connectivity index (χ0n) is 15.7. The molecule has 1 aliphatic rings. The van der Waals surface area contributed by atoms with Gasteiger partial charge < -0.3 is 20.1 Å². The Kier molecular flexibility index (Phi) is 6.40. The summed E-state index contributed by atoms with van der Waals surface area (Å²) in [5.41, 5.74) is 1.27. The standard InChI is InChI=1S/C18H23F2N5O3/c1-11-16(23-24-25(11)13-5-7-21-8-6-13)17(26)22-10-12-9-14(27-2)3-4-15(12)28-18(19)20/h3-4,9,13,18,21H,5-8,10H2,1-2H3,(H,22,26). The van der Waals surface area contributed by atoms with Crippen LogP contribution in [0.15, 0.2) is 18.2 Å². The largest absolute Gasteiger partial charge is 0.497 e. The molecule has 0 radical (unpaired) electrons. The summed E-state index contributed by atoms with van der Waals surface area (Å²) in [6, 6.07) is 4.64. The summed E-state index contributed by atoms with van der Waals surface area (Å²) in [4.78, 5) is 12.6. The zero-order chi connectivity index (χ0) is 20.1. The minimum Gasteiger partial charge on any atom is -0.497 e. The van der Waals surface area contributed by atoms with Crippen LogP contribution in [0.5, 0.6) is 11.5 Å². The van der Waals surface area contributed by atoms with Crippen molar-refractivity contribution in [2.75, 3.05) is 20.2 Å². The molecule has 0 saturated carbocycles. The number of alkyl halides is 2. The van der Waals surface area contributed by atoms with Gasteiger partial charge in [-0.05, 0) is 51.1 Å². The van der Waals surface area contributed by atoms with Gasteiger partial charge in [0.25, 0.3) is 5.91 Å². The molecule has 152 valence electrons. The molecular formula is C18H23F2N5O3. The number of nitrogens with zero attached hydrogens (tertiary/aromatic N) is 3. The first-order valence-corrected chi connectivity index (χ1v) is 9.02. The van der Waals surface area contributed by atoms with Crippen molar-refractivity contribution < 1.29 is 23.0 Å². The molecule has 0 spiro atoms. The first kappa shape index (κ1) is 20.0. The molecule has 2 aromatic rings. The Morgan fingerprint density at radius 2 is 2.14 bits per heavy atom. The van der Waals surface area contributed by atoms with Crippen LogP contribution in [-0.2, 0) is 6.54 Å². The van der Waals surface area contributed by atoms with Crippen LogP contribution in [0.25, 0.3) is 0 Å². The number of halogens is 2. The van der Waals surface area contributed by atoms with Crippen molar-refractivity contribution in [3.05, 3.63) is 35.2 Å². The average molecular weight is 395 g/mol. The maximum atomic E-state index is 12.6. The summed E-state index contributed by atoms with van der Waals surface area (Å²) in [6.45, 7) is 0.614. The van der Waals surface area contributed by atoms with Crippen LogP contribution in [-0.4, -0.2) is 47.7 Å². The van der Waals surface area contributed by atoms with Gasteiger partial charge >= 0.3 is 6.61 Å². The number of aromatic nitrogens is 3. The number of carbonyl (C=O) groups excluding carboxylic acids is 1. The zero-order valence-corrected chi connectivity index (χ0v) is 15.7. The highest BCUT2D eigenvalue weighted by Crippen LogP contribution is 2.26. The number of rotatable bonds is 7. The normalized spacial score (nSPS) is 14.9. The fraction of sp³-hybridized carbons (Fsp3) is 0.500. The molecule has 28 heavy (non-hydrogen) atoms. The predicted molar refractivity (Wildman–Crippen MR) is 96.7 cm³/mol. The minimum atomic E-state index is -2.96. The van der Waals surface area contributed by atoms with Crippen molar-refractivity contribution in [1.82, 2.24) is 25.6 Å². The van der Waals surface area contributed by atoms with Crippen LogP contribution >= 0.6 is 0 Å². The van der Waals surface area contributed by atoms with E-state index in [2.05, 4.69) is 25.7 Å². The van der Waals surface area contributed by atoms with Gasteiger partial charge in [-0.25, -0.2) is 4.68 Å². The number of methoxy groups -OCH3 is 1. The Morgan fingerprint density at radius 3 is 2.82 bits per heavy atom. The molecule has 0 unspecified atom stereocenters. The summed E-state index contributed by atoms with van der Waals surface area (Å²) in [7, 11) is 1.47.